The number of carbonyl (C=O) groups is 1. The second kappa shape index (κ2) is 8.57. The lowest BCUT2D eigenvalue weighted by atomic mass is 10.0. The molecule has 1 amide bonds. The Hall–Kier alpha value is -3.59. The Kier molecular flexibility index (Phi) is 5.67. The van der Waals surface area contributed by atoms with E-state index in [0.717, 1.165) is 0 Å². The molecule has 1 fully saturated rings. The number of pyridine rings is 1. The highest BCUT2D eigenvalue weighted by Gasteiger charge is 2.36. The van der Waals surface area contributed by atoms with Crippen molar-refractivity contribution in [2.24, 2.45) is 0 Å². The number of ether oxygens (including phenoxy) is 2. The summed E-state index contributed by atoms with van der Waals surface area (Å²) >= 11 is 6.22. The number of hydrogen-bond donors (Lipinski definition) is 0. The maximum atomic E-state index is 15.6. The van der Waals surface area contributed by atoms with Crippen molar-refractivity contribution < 1.29 is 23.0 Å². The molecule has 10 heteroatoms. The van der Waals surface area contributed by atoms with Crippen molar-refractivity contribution in [3.8, 4) is 17.1 Å². The van der Waals surface area contributed by atoms with Crippen LogP contribution in [0.15, 0.2) is 42.9 Å². The number of likely N-dealkylation sites (tertiary alicyclic amines) is 1. The van der Waals surface area contributed by atoms with Crippen LogP contribution in [0.25, 0.3) is 32.9 Å². The molecule has 3 heterocycles. The number of halogens is 3. The Balaban J connectivity index is 1.45. The monoisotopic (exact) mass is 498 g/mol. The third-order valence-electron chi connectivity index (χ3n) is 5.55. The fourth-order valence-electron chi connectivity index (χ4n) is 3.90. The van der Waals surface area contributed by atoms with E-state index in [0.29, 0.717) is 29.4 Å². The van der Waals surface area contributed by atoms with Crippen LogP contribution in [0, 0.1) is 11.6 Å². The van der Waals surface area contributed by atoms with Gasteiger partial charge in [-0.2, -0.15) is 0 Å². The number of carbonyl (C=O) groups excluding carboxylic acids is 1. The van der Waals surface area contributed by atoms with Gasteiger partial charge in [-0.3, -0.25) is 4.98 Å². The Bertz CT molecular complexity index is 1470. The number of benzene rings is 2. The van der Waals surface area contributed by atoms with E-state index in [9.17, 15) is 9.18 Å². The van der Waals surface area contributed by atoms with Gasteiger partial charge in [-0.15, -0.1) is 0 Å². The van der Waals surface area contributed by atoms with Gasteiger partial charge >= 0.3 is 6.09 Å². The van der Waals surface area contributed by atoms with Gasteiger partial charge in [0.2, 0.25) is 5.88 Å². The topological polar surface area (TPSA) is 77.4 Å². The summed E-state index contributed by atoms with van der Waals surface area (Å²) in [7, 11) is 0. The number of hydrogen-bond acceptors (Lipinski definition) is 6. The summed E-state index contributed by atoms with van der Waals surface area (Å²) in [6.45, 7) is 6.02. The van der Waals surface area contributed by atoms with Crippen LogP contribution in [0.2, 0.25) is 5.02 Å². The molecule has 4 aromatic rings. The minimum atomic E-state index is -0.702. The first-order valence-corrected chi connectivity index (χ1v) is 11.3. The van der Waals surface area contributed by atoms with E-state index in [1.54, 1.807) is 45.0 Å². The Morgan fingerprint density at radius 3 is 2.63 bits per heavy atom. The van der Waals surface area contributed by atoms with E-state index in [2.05, 4.69) is 15.0 Å². The standard InChI is InChI=1S/C25H21ClF2N4O3/c1-25(2,3)35-24(33)32-10-14(11-32)34-23-16-9-29-21(20(28)22(16)30-12-31-23)15-6-4-5-13-7-8-17(27)19(26)18(13)15/h4-9,12,14H,10-11H2,1-3H3. The fourth-order valence-corrected chi connectivity index (χ4v) is 4.18. The number of aromatic nitrogens is 3. The summed E-state index contributed by atoms with van der Waals surface area (Å²) in [6, 6.07) is 7.95. The van der Waals surface area contributed by atoms with Crippen LogP contribution in [0.3, 0.4) is 0 Å². The van der Waals surface area contributed by atoms with Crippen molar-refractivity contribution >= 4 is 39.4 Å². The molecule has 2 aromatic carbocycles. The van der Waals surface area contributed by atoms with Gasteiger partial charge in [-0.1, -0.05) is 35.9 Å². The summed E-state index contributed by atoms with van der Waals surface area (Å²) in [5.74, 6) is -1.15. The second-order valence-corrected chi connectivity index (χ2v) is 9.63. The molecule has 1 aliphatic heterocycles. The van der Waals surface area contributed by atoms with Crippen LogP contribution in [0.5, 0.6) is 5.88 Å². The third-order valence-corrected chi connectivity index (χ3v) is 5.92. The van der Waals surface area contributed by atoms with Gasteiger partial charge in [0.1, 0.15) is 35.1 Å². The van der Waals surface area contributed by atoms with Gasteiger partial charge in [0.05, 0.1) is 23.5 Å². The molecule has 0 atom stereocenters. The molecule has 0 spiro atoms. The predicted octanol–water partition coefficient (Wildman–Crippen LogP) is 5.77. The van der Waals surface area contributed by atoms with E-state index < -0.39 is 23.3 Å². The van der Waals surface area contributed by atoms with Gasteiger partial charge in [-0.05, 0) is 32.2 Å². The lowest BCUT2D eigenvalue weighted by molar-refractivity contribution is -0.0228. The molecule has 0 saturated carbocycles. The van der Waals surface area contributed by atoms with Crippen LogP contribution < -0.4 is 4.74 Å². The molecule has 1 saturated heterocycles. The highest BCUT2D eigenvalue weighted by Crippen LogP contribution is 2.37. The molecule has 5 rings (SSSR count). The van der Waals surface area contributed by atoms with Gasteiger partial charge in [-0.25, -0.2) is 23.5 Å². The van der Waals surface area contributed by atoms with Gasteiger partial charge < -0.3 is 14.4 Å². The zero-order valence-corrected chi connectivity index (χ0v) is 19.9. The molecule has 0 radical (unpaired) electrons. The lowest BCUT2D eigenvalue weighted by Gasteiger charge is -2.39. The molecular weight excluding hydrogens is 478 g/mol. The Morgan fingerprint density at radius 1 is 1.11 bits per heavy atom. The molecule has 180 valence electrons. The quantitative estimate of drug-likeness (QED) is 0.356. The minimum absolute atomic E-state index is 0.00727. The van der Waals surface area contributed by atoms with Crippen LogP contribution >= 0.6 is 11.6 Å². The summed E-state index contributed by atoms with van der Waals surface area (Å²) < 4.78 is 41.0. The number of fused-ring (bicyclic) bond motifs is 2. The van der Waals surface area contributed by atoms with Gasteiger partial charge in [0, 0.05) is 17.1 Å². The van der Waals surface area contributed by atoms with E-state index in [-0.39, 0.29) is 33.6 Å². The first kappa shape index (κ1) is 23.2. The molecule has 0 aliphatic carbocycles. The summed E-state index contributed by atoms with van der Waals surface area (Å²) in [5, 5.41) is 1.19. The van der Waals surface area contributed by atoms with E-state index >= 15 is 4.39 Å². The predicted molar refractivity (Wildman–Crippen MR) is 127 cm³/mol. The van der Waals surface area contributed by atoms with Crippen molar-refractivity contribution in [3.63, 3.8) is 0 Å². The highest BCUT2D eigenvalue weighted by molar-refractivity contribution is 6.36. The van der Waals surface area contributed by atoms with Crippen molar-refractivity contribution in [2.75, 3.05) is 13.1 Å². The number of amides is 1. The normalized spacial score (nSPS) is 14.3. The zero-order chi connectivity index (χ0) is 24.9. The first-order valence-electron chi connectivity index (χ1n) is 10.9. The van der Waals surface area contributed by atoms with Crippen molar-refractivity contribution in [1.82, 2.24) is 19.9 Å². The Morgan fingerprint density at radius 2 is 1.89 bits per heavy atom. The summed E-state index contributed by atoms with van der Waals surface area (Å²) in [4.78, 5) is 26.2. The first-order chi connectivity index (χ1) is 16.6. The molecule has 2 aromatic heterocycles. The van der Waals surface area contributed by atoms with E-state index in [4.69, 9.17) is 21.1 Å². The lowest BCUT2D eigenvalue weighted by Crippen LogP contribution is -2.57. The fraction of sp³-hybridized carbons (Fsp3) is 0.280. The van der Waals surface area contributed by atoms with Crippen molar-refractivity contribution in [2.45, 2.75) is 32.5 Å². The van der Waals surface area contributed by atoms with E-state index in [1.165, 1.54) is 23.5 Å². The molecule has 0 bridgehead atoms. The van der Waals surface area contributed by atoms with Crippen LogP contribution in [-0.2, 0) is 4.74 Å². The molecule has 0 unspecified atom stereocenters. The van der Waals surface area contributed by atoms with Crippen LogP contribution in [0.4, 0.5) is 13.6 Å². The van der Waals surface area contributed by atoms with Crippen LogP contribution in [-0.4, -0.2) is 50.7 Å². The molecule has 0 N–H and O–H groups in total. The van der Waals surface area contributed by atoms with E-state index in [1.807, 2.05) is 0 Å². The number of rotatable bonds is 3. The third kappa shape index (κ3) is 4.32. The largest absolute Gasteiger partial charge is 0.470 e. The number of nitrogens with zero attached hydrogens (tertiary/aromatic N) is 4. The SMILES string of the molecule is CC(C)(C)OC(=O)N1CC(Oc2ncnc3c(F)c(-c4cccc5ccc(F)c(Cl)c45)ncc23)C1. The smallest absolute Gasteiger partial charge is 0.410 e. The average Bonchev–Trinajstić information content (AvgIpc) is 2.77. The maximum Gasteiger partial charge on any atom is 0.410 e. The molecule has 35 heavy (non-hydrogen) atoms. The second-order valence-electron chi connectivity index (χ2n) is 9.25. The molecular formula is C25H21ClF2N4O3. The highest BCUT2D eigenvalue weighted by atomic mass is 35.5. The minimum Gasteiger partial charge on any atom is -0.470 e. The maximum absolute atomic E-state index is 15.6. The van der Waals surface area contributed by atoms with Crippen LogP contribution in [0.1, 0.15) is 20.8 Å². The Labute approximate surface area is 204 Å². The molecule has 1 aliphatic rings. The van der Waals surface area contributed by atoms with Crippen molar-refractivity contribution in [1.29, 1.82) is 0 Å². The zero-order valence-electron chi connectivity index (χ0n) is 19.2. The van der Waals surface area contributed by atoms with Crippen molar-refractivity contribution in [3.05, 3.63) is 59.5 Å². The summed E-state index contributed by atoms with van der Waals surface area (Å²) in [6.07, 6.45) is 1.86. The van der Waals surface area contributed by atoms with Gasteiger partial charge in [0.15, 0.2) is 5.82 Å². The molecule has 7 nitrogen and oxygen atoms in total. The average molecular weight is 499 g/mol. The summed E-state index contributed by atoms with van der Waals surface area (Å²) in [5.41, 5.74) is -0.250. The van der Waals surface area contributed by atoms with Gasteiger partial charge in [0.25, 0.3) is 0 Å².